The van der Waals surface area contributed by atoms with E-state index in [4.69, 9.17) is 4.74 Å². The van der Waals surface area contributed by atoms with E-state index in [1.807, 2.05) is 24.3 Å². The van der Waals surface area contributed by atoms with Gasteiger partial charge in [0, 0.05) is 17.9 Å². The minimum Gasteiger partial charge on any atom is -0.497 e. The smallest absolute Gasteiger partial charge is 0.226 e. The van der Waals surface area contributed by atoms with Crippen molar-refractivity contribution in [2.45, 2.75) is 12.3 Å². The van der Waals surface area contributed by atoms with Gasteiger partial charge in [-0.05, 0) is 42.0 Å². The summed E-state index contributed by atoms with van der Waals surface area (Å²) in [5.41, 5.74) is 2.61. The lowest BCUT2D eigenvalue weighted by atomic mass is 9.87. The van der Waals surface area contributed by atoms with Gasteiger partial charge in [0.05, 0.1) is 19.0 Å². The van der Waals surface area contributed by atoms with Gasteiger partial charge in [-0.3, -0.25) is 4.79 Å². The molecule has 2 heterocycles. The van der Waals surface area contributed by atoms with Gasteiger partial charge in [0.25, 0.3) is 0 Å². The maximum atomic E-state index is 13.2. The van der Waals surface area contributed by atoms with Crippen molar-refractivity contribution in [3.8, 4) is 11.4 Å². The highest BCUT2D eigenvalue weighted by molar-refractivity contribution is 5.94. The predicted molar refractivity (Wildman–Crippen MR) is 91.6 cm³/mol. The van der Waals surface area contributed by atoms with Gasteiger partial charge in [0.1, 0.15) is 17.4 Å². The number of carbonyl (C=O) groups is 1. The van der Waals surface area contributed by atoms with E-state index < -0.39 is 0 Å². The van der Waals surface area contributed by atoms with Gasteiger partial charge < -0.3 is 10.1 Å². The second-order valence-corrected chi connectivity index (χ2v) is 5.92. The normalized spacial score (nSPS) is 16.2. The SMILES string of the molecule is COc1cccc([C@@H]2CC(=O)Nc3c2cnn3-c2ccc(F)cc2)c1. The third kappa shape index (κ3) is 2.76. The molecule has 126 valence electrons. The van der Waals surface area contributed by atoms with E-state index >= 15 is 0 Å². The van der Waals surface area contributed by atoms with E-state index in [-0.39, 0.29) is 17.6 Å². The van der Waals surface area contributed by atoms with E-state index in [2.05, 4.69) is 10.4 Å². The van der Waals surface area contributed by atoms with Gasteiger partial charge in [0.15, 0.2) is 0 Å². The van der Waals surface area contributed by atoms with Crippen LogP contribution in [-0.4, -0.2) is 22.8 Å². The third-order valence-corrected chi connectivity index (χ3v) is 4.39. The molecule has 1 aromatic heterocycles. The molecule has 6 heteroatoms. The van der Waals surface area contributed by atoms with Crippen LogP contribution >= 0.6 is 0 Å². The lowest BCUT2D eigenvalue weighted by Gasteiger charge is -2.24. The second kappa shape index (κ2) is 6.05. The Morgan fingerprint density at radius 2 is 2.04 bits per heavy atom. The maximum Gasteiger partial charge on any atom is 0.226 e. The van der Waals surface area contributed by atoms with Gasteiger partial charge in [-0.25, -0.2) is 9.07 Å². The molecule has 1 N–H and O–H groups in total. The van der Waals surface area contributed by atoms with Crippen LogP contribution in [0.5, 0.6) is 5.75 Å². The number of nitrogens with zero attached hydrogens (tertiary/aromatic N) is 2. The van der Waals surface area contributed by atoms with Gasteiger partial charge in [-0.1, -0.05) is 12.1 Å². The summed E-state index contributed by atoms with van der Waals surface area (Å²) in [5.74, 6) is 0.868. The molecule has 0 bridgehead atoms. The molecule has 0 unspecified atom stereocenters. The number of methoxy groups -OCH3 is 1. The molecule has 1 atom stereocenters. The Hall–Kier alpha value is -3.15. The quantitative estimate of drug-likeness (QED) is 0.796. The molecule has 1 aliphatic rings. The van der Waals surface area contributed by atoms with Crippen LogP contribution in [0.3, 0.4) is 0 Å². The zero-order chi connectivity index (χ0) is 17.4. The second-order valence-electron chi connectivity index (χ2n) is 5.92. The Bertz CT molecular complexity index is 934. The molecular formula is C19H16FN3O2. The van der Waals surface area contributed by atoms with E-state index in [1.54, 1.807) is 30.1 Å². The van der Waals surface area contributed by atoms with Crippen molar-refractivity contribution in [1.82, 2.24) is 9.78 Å². The number of aromatic nitrogens is 2. The molecule has 0 fully saturated rings. The fourth-order valence-electron chi connectivity index (χ4n) is 3.15. The van der Waals surface area contributed by atoms with Crippen LogP contribution in [0.25, 0.3) is 5.69 Å². The predicted octanol–water partition coefficient (Wildman–Crippen LogP) is 3.49. The summed E-state index contributed by atoms with van der Waals surface area (Å²) >= 11 is 0. The number of fused-ring (bicyclic) bond motifs is 1. The minimum absolute atomic E-state index is 0.0795. The Morgan fingerprint density at radius 3 is 2.80 bits per heavy atom. The van der Waals surface area contributed by atoms with Crippen LogP contribution in [0.4, 0.5) is 10.2 Å². The average Bonchev–Trinajstić information content (AvgIpc) is 3.05. The first-order valence-electron chi connectivity index (χ1n) is 7.93. The van der Waals surface area contributed by atoms with Crippen LogP contribution in [0, 0.1) is 5.82 Å². The Kier molecular flexibility index (Phi) is 3.72. The molecule has 25 heavy (non-hydrogen) atoms. The summed E-state index contributed by atoms with van der Waals surface area (Å²) in [6.45, 7) is 0. The Balaban J connectivity index is 1.79. The van der Waals surface area contributed by atoms with Crippen molar-refractivity contribution in [2.75, 3.05) is 12.4 Å². The molecule has 1 amide bonds. The molecule has 1 aliphatic heterocycles. The number of halogens is 1. The lowest BCUT2D eigenvalue weighted by molar-refractivity contribution is -0.116. The van der Waals surface area contributed by atoms with Crippen LogP contribution in [-0.2, 0) is 4.79 Å². The molecule has 4 rings (SSSR count). The van der Waals surface area contributed by atoms with Crippen LogP contribution in [0.1, 0.15) is 23.5 Å². The first-order valence-corrected chi connectivity index (χ1v) is 7.93. The first kappa shape index (κ1) is 15.4. The van der Waals surface area contributed by atoms with Crippen LogP contribution in [0.2, 0.25) is 0 Å². The fraction of sp³-hybridized carbons (Fsp3) is 0.158. The number of nitrogens with one attached hydrogen (secondary N) is 1. The zero-order valence-corrected chi connectivity index (χ0v) is 13.6. The van der Waals surface area contributed by atoms with Crippen molar-refractivity contribution < 1.29 is 13.9 Å². The molecular weight excluding hydrogens is 321 g/mol. The highest BCUT2D eigenvalue weighted by Gasteiger charge is 2.30. The first-order chi connectivity index (χ1) is 12.2. The number of hydrogen-bond acceptors (Lipinski definition) is 3. The van der Waals surface area contributed by atoms with Gasteiger partial charge in [-0.2, -0.15) is 5.10 Å². The summed E-state index contributed by atoms with van der Waals surface area (Å²) < 4.78 is 20.1. The number of ether oxygens (including phenoxy) is 1. The van der Waals surface area contributed by atoms with Crippen molar-refractivity contribution >= 4 is 11.7 Å². The summed E-state index contributed by atoms with van der Waals surface area (Å²) in [5, 5.41) is 7.29. The van der Waals surface area contributed by atoms with Crippen molar-refractivity contribution in [3.63, 3.8) is 0 Å². The molecule has 0 radical (unpaired) electrons. The Morgan fingerprint density at radius 1 is 1.24 bits per heavy atom. The van der Waals surface area contributed by atoms with Crippen molar-refractivity contribution in [1.29, 1.82) is 0 Å². The lowest BCUT2D eigenvalue weighted by Crippen LogP contribution is -2.24. The van der Waals surface area contributed by atoms with Crippen LogP contribution in [0.15, 0.2) is 54.7 Å². The van der Waals surface area contributed by atoms with Crippen LogP contribution < -0.4 is 10.1 Å². The fourth-order valence-corrected chi connectivity index (χ4v) is 3.15. The number of anilines is 1. The summed E-state index contributed by atoms with van der Waals surface area (Å²) in [7, 11) is 1.62. The van der Waals surface area contributed by atoms with Crippen molar-refractivity contribution in [2.24, 2.45) is 0 Å². The monoisotopic (exact) mass is 337 g/mol. The van der Waals surface area contributed by atoms with Crippen molar-refractivity contribution in [3.05, 3.63) is 71.7 Å². The number of amides is 1. The molecule has 2 aromatic carbocycles. The molecule has 0 saturated carbocycles. The van der Waals surface area contributed by atoms with Gasteiger partial charge >= 0.3 is 0 Å². The number of carbonyl (C=O) groups excluding carboxylic acids is 1. The zero-order valence-electron chi connectivity index (χ0n) is 13.6. The highest BCUT2D eigenvalue weighted by atomic mass is 19.1. The standard InChI is InChI=1S/C19H16FN3O2/c1-25-15-4-2-3-12(9-15)16-10-18(24)22-19-17(16)11-21-23(19)14-7-5-13(20)6-8-14/h2-9,11,16H,10H2,1H3,(H,22,24)/t16-/m0/s1. The number of hydrogen-bond donors (Lipinski definition) is 1. The van der Waals surface area contributed by atoms with E-state index in [0.717, 1.165) is 16.9 Å². The van der Waals surface area contributed by atoms with E-state index in [1.165, 1.54) is 12.1 Å². The van der Waals surface area contributed by atoms with E-state index in [0.29, 0.717) is 17.9 Å². The maximum absolute atomic E-state index is 13.2. The molecule has 3 aromatic rings. The topological polar surface area (TPSA) is 56.1 Å². The Labute approximate surface area is 144 Å². The number of benzene rings is 2. The van der Waals surface area contributed by atoms with Gasteiger partial charge in [-0.15, -0.1) is 0 Å². The molecule has 0 spiro atoms. The number of rotatable bonds is 3. The largest absolute Gasteiger partial charge is 0.497 e. The summed E-state index contributed by atoms with van der Waals surface area (Å²) in [6.07, 6.45) is 2.09. The van der Waals surface area contributed by atoms with Gasteiger partial charge in [0.2, 0.25) is 5.91 Å². The summed E-state index contributed by atoms with van der Waals surface area (Å²) in [4.78, 5) is 12.3. The summed E-state index contributed by atoms with van der Waals surface area (Å²) in [6, 6.07) is 13.7. The molecule has 0 aliphatic carbocycles. The third-order valence-electron chi connectivity index (χ3n) is 4.39. The highest BCUT2D eigenvalue weighted by Crippen LogP contribution is 2.38. The van der Waals surface area contributed by atoms with E-state index in [9.17, 15) is 9.18 Å². The average molecular weight is 337 g/mol. The molecule has 5 nitrogen and oxygen atoms in total. The molecule has 0 saturated heterocycles. The minimum atomic E-state index is -0.317.